The molecule has 0 amide bonds. The van der Waals surface area contributed by atoms with Crippen molar-refractivity contribution in [2.75, 3.05) is 7.11 Å². The molecule has 0 saturated carbocycles. The van der Waals surface area contributed by atoms with Crippen LogP contribution in [-0.4, -0.2) is 22.2 Å². The number of hydrogen-bond acceptors (Lipinski definition) is 5. The van der Waals surface area contributed by atoms with E-state index in [9.17, 15) is 0 Å². The fourth-order valence-corrected chi connectivity index (χ4v) is 2.00. The maximum atomic E-state index is 5.33. The Kier molecular flexibility index (Phi) is 3.39. The number of rotatable bonds is 3. The summed E-state index contributed by atoms with van der Waals surface area (Å²) < 4.78 is 10.6. The van der Waals surface area contributed by atoms with E-state index in [2.05, 4.69) is 15.1 Å². The van der Waals surface area contributed by atoms with Crippen LogP contribution in [0.25, 0.3) is 22.8 Å². The Labute approximate surface area is 122 Å². The van der Waals surface area contributed by atoms with Gasteiger partial charge in [0.1, 0.15) is 0 Å². The van der Waals surface area contributed by atoms with Crippen LogP contribution in [0.5, 0.6) is 5.88 Å². The number of aromatic nitrogens is 3. The Morgan fingerprint density at radius 2 is 1.71 bits per heavy atom. The van der Waals surface area contributed by atoms with Gasteiger partial charge >= 0.3 is 0 Å². The van der Waals surface area contributed by atoms with Gasteiger partial charge < -0.3 is 9.26 Å². The van der Waals surface area contributed by atoms with E-state index in [1.807, 2.05) is 50.2 Å². The van der Waals surface area contributed by atoms with Gasteiger partial charge in [-0.05, 0) is 38.1 Å². The van der Waals surface area contributed by atoms with Crippen LogP contribution in [0.15, 0.2) is 40.9 Å². The number of pyridine rings is 1. The van der Waals surface area contributed by atoms with Crippen LogP contribution in [0.3, 0.4) is 0 Å². The molecule has 0 aliphatic rings. The second kappa shape index (κ2) is 5.36. The third-order valence-corrected chi connectivity index (χ3v) is 3.16. The van der Waals surface area contributed by atoms with Gasteiger partial charge in [0.2, 0.25) is 11.7 Å². The Morgan fingerprint density at radius 3 is 2.43 bits per heavy atom. The van der Waals surface area contributed by atoms with Gasteiger partial charge in [0, 0.05) is 11.3 Å². The molecular formula is C16H15N3O2. The zero-order chi connectivity index (χ0) is 14.8. The molecule has 5 heteroatoms. The average Bonchev–Trinajstić information content (AvgIpc) is 2.97. The monoisotopic (exact) mass is 281 g/mol. The first-order chi connectivity index (χ1) is 10.2. The summed E-state index contributed by atoms with van der Waals surface area (Å²) in [6, 6.07) is 11.7. The molecule has 106 valence electrons. The van der Waals surface area contributed by atoms with Crippen molar-refractivity contribution in [1.82, 2.24) is 15.1 Å². The van der Waals surface area contributed by atoms with E-state index in [1.54, 1.807) is 7.11 Å². The summed E-state index contributed by atoms with van der Waals surface area (Å²) in [6.07, 6.45) is 0. The van der Waals surface area contributed by atoms with E-state index >= 15 is 0 Å². The second-order valence-corrected chi connectivity index (χ2v) is 4.80. The minimum atomic E-state index is 0.468. The smallest absolute Gasteiger partial charge is 0.258 e. The lowest BCUT2D eigenvalue weighted by Gasteiger charge is -2.04. The van der Waals surface area contributed by atoms with Crippen molar-refractivity contribution in [2.45, 2.75) is 13.8 Å². The van der Waals surface area contributed by atoms with E-state index in [4.69, 9.17) is 9.26 Å². The molecule has 0 spiro atoms. The lowest BCUT2D eigenvalue weighted by Crippen LogP contribution is -1.94. The van der Waals surface area contributed by atoms with Crippen LogP contribution < -0.4 is 4.74 Å². The molecule has 3 aromatic rings. The van der Waals surface area contributed by atoms with E-state index in [0.29, 0.717) is 23.2 Å². The van der Waals surface area contributed by atoms with Gasteiger partial charge in [-0.1, -0.05) is 22.9 Å². The summed E-state index contributed by atoms with van der Waals surface area (Å²) in [4.78, 5) is 8.74. The zero-order valence-corrected chi connectivity index (χ0v) is 12.1. The van der Waals surface area contributed by atoms with E-state index in [-0.39, 0.29) is 0 Å². The third kappa shape index (κ3) is 2.63. The zero-order valence-electron chi connectivity index (χ0n) is 12.1. The highest BCUT2D eigenvalue weighted by Gasteiger charge is 2.15. The molecule has 0 aliphatic heterocycles. The van der Waals surface area contributed by atoms with Crippen LogP contribution in [0.2, 0.25) is 0 Å². The molecule has 5 nitrogen and oxygen atoms in total. The fourth-order valence-electron chi connectivity index (χ4n) is 2.00. The molecule has 0 bridgehead atoms. The largest absolute Gasteiger partial charge is 0.480 e. The summed E-state index contributed by atoms with van der Waals surface area (Å²) >= 11 is 0. The van der Waals surface area contributed by atoms with E-state index < -0.39 is 0 Å². The molecule has 2 aromatic heterocycles. The molecule has 3 rings (SSSR count). The molecule has 0 radical (unpaired) electrons. The quantitative estimate of drug-likeness (QED) is 0.736. The van der Waals surface area contributed by atoms with Gasteiger partial charge in [-0.15, -0.1) is 0 Å². The minimum Gasteiger partial charge on any atom is -0.480 e. The van der Waals surface area contributed by atoms with Gasteiger partial charge in [0.15, 0.2) is 0 Å². The summed E-state index contributed by atoms with van der Waals surface area (Å²) in [6.45, 7) is 3.94. The average molecular weight is 281 g/mol. The van der Waals surface area contributed by atoms with Gasteiger partial charge in [0.05, 0.1) is 12.7 Å². The minimum absolute atomic E-state index is 0.468. The van der Waals surface area contributed by atoms with E-state index in [1.165, 1.54) is 5.56 Å². The van der Waals surface area contributed by atoms with Crippen molar-refractivity contribution >= 4 is 0 Å². The predicted molar refractivity (Wildman–Crippen MR) is 79.0 cm³/mol. The summed E-state index contributed by atoms with van der Waals surface area (Å²) in [5.41, 5.74) is 3.66. The molecule has 0 N–H and O–H groups in total. The third-order valence-electron chi connectivity index (χ3n) is 3.16. The number of benzene rings is 1. The van der Waals surface area contributed by atoms with Crippen molar-refractivity contribution in [2.24, 2.45) is 0 Å². The van der Waals surface area contributed by atoms with Crippen LogP contribution in [0.4, 0.5) is 0 Å². The second-order valence-electron chi connectivity index (χ2n) is 4.80. The van der Waals surface area contributed by atoms with Gasteiger partial charge in [-0.2, -0.15) is 4.98 Å². The topological polar surface area (TPSA) is 61.0 Å². The highest BCUT2D eigenvalue weighted by atomic mass is 16.5. The number of aryl methyl sites for hydroxylation is 2. The Balaban J connectivity index is 2.00. The lowest BCUT2D eigenvalue weighted by molar-refractivity contribution is 0.397. The van der Waals surface area contributed by atoms with Gasteiger partial charge in [-0.3, -0.25) is 0 Å². The molecule has 0 aliphatic carbocycles. The number of methoxy groups -OCH3 is 1. The first-order valence-corrected chi connectivity index (χ1v) is 6.60. The molecule has 0 atom stereocenters. The van der Waals surface area contributed by atoms with Crippen LogP contribution >= 0.6 is 0 Å². The first kappa shape index (κ1) is 13.3. The molecule has 0 saturated heterocycles. The normalized spacial score (nSPS) is 10.6. The van der Waals surface area contributed by atoms with Crippen LogP contribution in [-0.2, 0) is 0 Å². The van der Waals surface area contributed by atoms with Gasteiger partial charge in [0.25, 0.3) is 5.89 Å². The molecule has 0 unspecified atom stereocenters. The standard InChI is InChI=1S/C16H15N3O2/c1-10-4-7-12(8-5-10)15-18-14(19-21-15)13-9-6-11(2)17-16(13)20-3/h4-9H,1-3H3. The number of nitrogens with zero attached hydrogens (tertiary/aromatic N) is 3. The molecular weight excluding hydrogens is 266 g/mol. The fraction of sp³-hybridized carbons (Fsp3) is 0.188. The van der Waals surface area contributed by atoms with Crippen LogP contribution in [0, 0.1) is 13.8 Å². The first-order valence-electron chi connectivity index (χ1n) is 6.60. The van der Waals surface area contributed by atoms with Crippen molar-refractivity contribution < 1.29 is 9.26 Å². The van der Waals surface area contributed by atoms with Crippen molar-refractivity contribution in [1.29, 1.82) is 0 Å². The maximum absolute atomic E-state index is 5.33. The summed E-state index contributed by atoms with van der Waals surface area (Å²) in [7, 11) is 1.58. The predicted octanol–water partition coefficient (Wildman–Crippen LogP) is 3.42. The highest BCUT2D eigenvalue weighted by molar-refractivity contribution is 5.64. The molecule has 21 heavy (non-hydrogen) atoms. The van der Waals surface area contributed by atoms with Gasteiger partial charge in [-0.25, -0.2) is 4.98 Å². The molecule has 0 fully saturated rings. The summed E-state index contributed by atoms with van der Waals surface area (Å²) in [5.74, 6) is 1.44. The lowest BCUT2D eigenvalue weighted by atomic mass is 10.1. The van der Waals surface area contributed by atoms with Crippen LogP contribution in [0.1, 0.15) is 11.3 Å². The number of hydrogen-bond donors (Lipinski definition) is 0. The Bertz CT molecular complexity index is 763. The van der Waals surface area contributed by atoms with Crippen molar-refractivity contribution in [3.63, 3.8) is 0 Å². The molecule has 1 aromatic carbocycles. The maximum Gasteiger partial charge on any atom is 0.258 e. The van der Waals surface area contributed by atoms with Crippen molar-refractivity contribution in [3.05, 3.63) is 47.7 Å². The van der Waals surface area contributed by atoms with Crippen molar-refractivity contribution in [3.8, 4) is 28.7 Å². The Hall–Kier alpha value is -2.69. The Morgan fingerprint density at radius 1 is 0.952 bits per heavy atom. The molecule has 2 heterocycles. The SMILES string of the molecule is COc1nc(C)ccc1-c1noc(-c2ccc(C)cc2)n1. The number of ether oxygens (including phenoxy) is 1. The van der Waals surface area contributed by atoms with E-state index in [0.717, 1.165) is 11.3 Å². The highest BCUT2D eigenvalue weighted by Crippen LogP contribution is 2.28. The summed E-state index contributed by atoms with van der Waals surface area (Å²) in [5, 5.41) is 4.02.